The van der Waals surface area contributed by atoms with Crippen molar-refractivity contribution in [2.24, 2.45) is 11.8 Å². The van der Waals surface area contributed by atoms with Crippen molar-refractivity contribution in [3.05, 3.63) is 35.9 Å². The molecule has 1 unspecified atom stereocenters. The highest BCUT2D eigenvalue weighted by molar-refractivity contribution is 5.89. The molecule has 0 aromatic heterocycles. The van der Waals surface area contributed by atoms with Crippen LogP contribution >= 0.6 is 0 Å². The zero-order chi connectivity index (χ0) is 16.7. The molecule has 1 heterocycles. The van der Waals surface area contributed by atoms with Crippen LogP contribution in [-0.2, 0) is 16.6 Å². The summed E-state index contributed by atoms with van der Waals surface area (Å²) in [6, 6.07) is 3.61. The predicted molar refractivity (Wildman–Crippen MR) is 88.1 cm³/mol. The number of carbonyl (C=O) groups is 1. The second-order valence-electron chi connectivity index (χ2n) is 7.94. The van der Waals surface area contributed by atoms with E-state index < -0.39 is 17.1 Å². The summed E-state index contributed by atoms with van der Waals surface area (Å²) in [4.78, 5) is 12.6. The smallest absolute Gasteiger partial charge is 0.174 e. The van der Waals surface area contributed by atoms with E-state index in [0.717, 1.165) is 36.8 Å². The number of hydrogen-bond donors (Lipinski definition) is 2. The zero-order valence-corrected chi connectivity index (χ0v) is 13.6. The van der Waals surface area contributed by atoms with Gasteiger partial charge in [-0.2, -0.15) is 0 Å². The first-order valence-corrected chi connectivity index (χ1v) is 8.91. The summed E-state index contributed by atoms with van der Waals surface area (Å²) in [6.07, 6.45) is 5.51. The van der Waals surface area contributed by atoms with E-state index in [0.29, 0.717) is 24.5 Å². The summed E-state index contributed by atoms with van der Waals surface area (Å²) >= 11 is 0. The molecular formula is C20H22O4. The van der Waals surface area contributed by atoms with Crippen molar-refractivity contribution in [1.82, 2.24) is 0 Å². The molecule has 0 saturated heterocycles. The molecule has 4 aliphatic rings. The van der Waals surface area contributed by atoms with Crippen LogP contribution in [0.1, 0.15) is 43.2 Å². The van der Waals surface area contributed by atoms with Gasteiger partial charge in [0, 0.05) is 12.0 Å². The summed E-state index contributed by atoms with van der Waals surface area (Å²) in [5.74, 6) is 1.08. The lowest BCUT2D eigenvalue weighted by atomic mass is 9.43. The molecule has 4 heteroatoms. The number of aromatic hydroxyl groups is 1. The third kappa shape index (κ3) is 1.39. The minimum Gasteiger partial charge on any atom is -0.504 e. The van der Waals surface area contributed by atoms with Gasteiger partial charge in [-0.15, -0.1) is 6.58 Å². The van der Waals surface area contributed by atoms with E-state index in [2.05, 4.69) is 6.58 Å². The molecule has 3 aliphatic carbocycles. The van der Waals surface area contributed by atoms with Crippen LogP contribution in [-0.4, -0.2) is 27.7 Å². The van der Waals surface area contributed by atoms with Crippen molar-refractivity contribution < 1.29 is 19.7 Å². The Balaban J connectivity index is 1.80. The van der Waals surface area contributed by atoms with Crippen LogP contribution in [0.3, 0.4) is 0 Å². The lowest BCUT2D eigenvalue weighted by Gasteiger charge is -2.61. The number of aliphatic hydroxyl groups is 1. The monoisotopic (exact) mass is 326 g/mol. The highest BCUT2D eigenvalue weighted by Gasteiger charge is 2.72. The molecule has 1 aromatic rings. The van der Waals surface area contributed by atoms with Crippen LogP contribution in [0.2, 0.25) is 0 Å². The molecule has 24 heavy (non-hydrogen) atoms. The maximum Gasteiger partial charge on any atom is 0.174 e. The third-order valence-corrected chi connectivity index (χ3v) is 7.17. The number of carbonyl (C=O) groups excluding carboxylic acids is 1. The van der Waals surface area contributed by atoms with Gasteiger partial charge in [-0.1, -0.05) is 12.1 Å². The van der Waals surface area contributed by atoms with Gasteiger partial charge in [-0.3, -0.25) is 4.79 Å². The number of allylic oxidation sites excluding steroid dienone is 1. The predicted octanol–water partition coefficient (Wildman–Crippen LogP) is 2.64. The van der Waals surface area contributed by atoms with Crippen molar-refractivity contribution in [2.45, 2.75) is 55.6 Å². The van der Waals surface area contributed by atoms with Crippen molar-refractivity contribution in [3.63, 3.8) is 0 Å². The average molecular weight is 326 g/mol. The fourth-order valence-corrected chi connectivity index (χ4v) is 6.25. The highest BCUT2D eigenvalue weighted by Crippen LogP contribution is 2.68. The second-order valence-corrected chi connectivity index (χ2v) is 7.94. The molecule has 1 spiro atoms. The van der Waals surface area contributed by atoms with Crippen LogP contribution in [0, 0.1) is 11.8 Å². The molecule has 2 bridgehead atoms. The number of ketones is 1. The van der Waals surface area contributed by atoms with Crippen molar-refractivity contribution in [3.8, 4) is 11.5 Å². The Kier molecular flexibility index (Phi) is 2.68. The largest absolute Gasteiger partial charge is 0.504 e. The number of Topliss-reactive ketones (excluding diaryl/α,β-unsaturated/α-hetero) is 1. The van der Waals surface area contributed by atoms with Gasteiger partial charge in [0.15, 0.2) is 23.4 Å². The Bertz CT molecular complexity index is 769. The van der Waals surface area contributed by atoms with Crippen LogP contribution in [0.5, 0.6) is 11.5 Å². The normalized spacial score (nSPS) is 41.5. The second kappa shape index (κ2) is 4.42. The van der Waals surface area contributed by atoms with Gasteiger partial charge in [-0.25, -0.2) is 0 Å². The van der Waals surface area contributed by atoms with Crippen molar-refractivity contribution in [2.75, 3.05) is 0 Å². The van der Waals surface area contributed by atoms with Crippen molar-refractivity contribution in [1.29, 1.82) is 0 Å². The van der Waals surface area contributed by atoms with Gasteiger partial charge < -0.3 is 14.9 Å². The van der Waals surface area contributed by atoms with Crippen LogP contribution in [0.4, 0.5) is 0 Å². The molecule has 2 fully saturated rings. The molecule has 1 aromatic carbocycles. The molecule has 2 N–H and O–H groups in total. The summed E-state index contributed by atoms with van der Waals surface area (Å²) in [5, 5.41) is 22.2. The van der Waals surface area contributed by atoms with E-state index in [4.69, 9.17) is 4.74 Å². The van der Waals surface area contributed by atoms with E-state index in [1.807, 2.05) is 12.1 Å². The van der Waals surface area contributed by atoms with Crippen LogP contribution < -0.4 is 4.74 Å². The Morgan fingerprint density at radius 3 is 3.00 bits per heavy atom. The Labute approximate surface area is 141 Å². The first kappa shape index (κ1) is 14.5. The SMILES string of the molecule is C=CCC1CC[C@]23c4c5ccc(O)c4O[C@H]2C(=O)CC[C@@]3(O)[C@H]1C5. The topological polar surface area (TPSA) is 66.8 Å². The summed E-state index contributed by atoms with van der Waals surface area (Å²) in [6.45, 7) is 3.89. The van der Waals surface area contributed by atoms with Gasteiger partial charge >= 0.3 is 0 Å². The Morgan fingerprint density at radius 2 is 2.21 bits per heavy atom. The first-order valence-electron chi connectivity index (χ1n) is 8.91. The van der Waals surface area contributed by atoms with Gasteiger partial charge in [0.25, 0.3) is 0 Å². The van der Waals surface area contributed by atoms with E-state index in [9.17, 15) is 15.0 Å². The average Bonchev–Trinajstić information content (AvgIpc) is 2.91. The minimum atomic E-state index is -0.927. The summed E-state index contributed by atoms with van der Waals surface area (Å²) in [5.41, 5.74) is 0.440. The molecule has 0 amide bonds. The molecule has 0 radical (unpaired) electrons. The fourth-order valence-electron chi connectivity index (χ4n) is 6.25. The van der Waals surface area contributed by atoms with E-state index in [-0.39, 0.29) is 17.5 Å². The van der Waals surface area contributed by atoms with E-state index in [1.165, 1.54) is 0 Å². The summed E-state index contributed by atoms with van der Waals surface area (Å²) in [7, 11) is 0. The molecule has 5 rings (SSSR count). The maximum absolute atomic E-state index is 12.6. The molecule has 1 aliphatic heterocycles. The van der Waals surface area contributed by atoms with E-state index >= 15 is 0 Å². The van der Waals surface area contributed by atoms with Gasteiger partial charge in [0.2, 0.25) is 0 Å². The molecule has 4 nitrogen and oxygen atoms in total. The first-order chi connectivity index (χ1) is 11.5. The quantitative estimate of drug-likeness (QED) is 0.820. The molecule has 2 saturated carbocycles. The summed E-state index contributed by atoms with van der Waals surface area (Å²) < 4.78 is 6.00. The number of phenolic OH excluding ortho intramolecular Hbond substituents is 1. The van der Waals surface area contributed by atoms with Crippen LogP contribution in [0.25, 0.3) is 0 Å². The lowest BCUT2D eigenvalue weighted by Crippen LogP contribution is -2.71. The molecular weight excluding hydrogens is 304 g/mol. The fraction of sp³-hybridized carbons (Fsp3) is 0.550. The number of ether oxygens (including phenoxy) is 1. The highest BCUT2D eigenvalue weighted by atomic mass is 16.5. The van der Waals surface area contributed by atoms with Gasteiger partial charge in [0.1, 0.15) is 0 Å². The molecule has 126 valence electrons. The number of benzene rings is 1. The third-order valence-electron chi connectivity index (χ3n) is 7.17. The Hall–Kier alpha value is -1.81. The lowest BCUT2D eigenvalue weighted by molar-refractivity contribution is -0.188. The number of hydrogen-bond acceptors (Lipinski definition) is 4. The molecule has 5 atom stereocenters. The number of rotatable bonds is 2. The number of phenols is 1. The van der Waals surface area contributed by atoms with E-state index in [1.54, 1.807) is 6.07 Å². The Morgan fingerprint density at radius 1 is 1.38 bits per heavy atom. The van der Waals surface area contributed by atoms with Crippen molar-refractivity contribution >= 4 is 5.78 Å². The standard InChI is InChI=1S/C20H22O4/c1-2-3-11-6-8-19-16-12-4-5-14(21)17(16)24-18(19)15(22)7-9-20(19,23)13(11)10-12/h2,4-5,11,13,18,21,23H,1,3,6-10H2/t11?,13-,18-,19-,20+/m0/s1. The minimum absolute atomic E-state index is 0.0593. The van der Waals surface area contributed by atoms with Crippen LogP contribution in [0.15, 0.2) is 24.8 Å². The van der Waals surface area contributed by atoms with Gasteiger partial charge in [0.05, 0.1) is 11.0 Å². The zero-order valence-electron chi connectivity index (χ0n) is 13.6. The van der Waals surface area contributed by atoms with Gasteiger partial charge in [-0.05, 0) is 55.6 Å². The maximum atomic E-state index is 12.6.